The predicted molar refractivity (Wildman–Crippen MR) is 77.6 cm³/mol. The van der Waals surface area contributed by atoms with Gasteiger partial charge in [-0.05, 0) is 43.5 Å². The molecule has 0 aliphatic rings. The third-order valence-corrected chi connectivity index (χ3v) is 4.68. The molecule has 0 saturated heterocycles. The normalized spacial score (nSPS) is 15.3. The van der Waals surface area contributed by atoms with E-state index in [4.69, 9.17) is 0 Å². The van der Waals surface area contributed by atoms with Crippen LogP contribution in [0, 0.1) is 5.92 Å². The van der Waals surface area contributed by atoms with Gasteiger partial charge in [-0.1, -0.05) is 19.4 Å². The molecule has 0 bridgehead atoms. The molecule has 0 N–H and O–H groups in total. The summed E-state index contributed by atoms with van der Waals surface area (Å²) < 4.78 is 0. The van der Waals surface area contributed by atoms with Crippen LogP contribution in [0.25, 0.3) is 0 Å². The molecule has 3 heteroatoms. The lowest BCUT2D eigenvalue weighted by Crippen LogP contribution is -2.28. The molecule has 1 nitrogen and oxygen atoms in total. The minimum atomic E-state index is 0.527. The van der Waals surface area contributed by atoms with Gasteiger partial charge in [0.05, 0.1) is 0 Å². The van der Waals surface area contributed by atoms with Gasteiger partial charge in [-0.2, -0.15) is 12.6 Å². The summed E-state index contributed by atoms with van der Waals surface area (Å²) in [4.78, 5) is 3.90. The summed E-state index contributed by atoms with van der Waals surface area (Å²) in [5.41, 5.74) is 0. The van der Waals surface area contributed by atoms with Crippen molar-refractivity contribution in [3.8, 4) is 0 Å². The van der Waals surface area contributed by atoms with Gasteiger partial charge in [0.15, 0.2) is 0 Å². The van der Waals surface area contributed by atoms with Crippen LogP contribution in [0.3, 0.4) is 0 Å². The topological polar surface area (TPSA) is 3.24 Å². The van der Waals surface area contributed by atoms with E-state index in [1.165, 1.54) is 17.7 Å². The van der Waals surface area contributed by atoms with Gasteiger partial charge in [0.1, 0.15) is 0 Å². The highest BCUT2D eigenvalue weighted by atomic mass is 32.1. The number of thiophene rings is 1. The molecule has 1 aromatic heterocycles. The monoisotopic (exact) mass is 257 g/mol. The SMILES string of the molecule is CCCC(CS)CN(C)C(C)c1cccs1. The minimum absolute atomic E-state index is 0.527. The molecular formula is C13H23NS2. The van der Waals surface area contributed by atoms with Crippen molar-refractivity contribution in [3.63, 3.8) is 0 Å². The standard InChI is InChI=1S/C13H23NS2/c1-4-6-12(10-15)9-14(3)11(2)13-7-5-8-16-13/h5,7-8,11-12,15H,4,6,9-10H2,1-3H3. The number of hydrogen-bond donors (Lipinski definition) is 1. The first kappa shape index (κ1) is 14.1. The first-order valence-corrected chi connectivity index (χ1v) is 7.54. The highest BCUT2D eigenvalue weighted by Gasteiger charge is 2.16. The van der Waals surface area contributed by atoms with E-state index in [9.17, 15) is 0 Å². The van der Waals surface area contributed by atoms with Crippen LogP contribution in [-0.4, -0.2) is 24.2 Å². The Morgan fingerprint density at radius 2 is 2.25 bits per heavy atom. The summed E-state index contributed by atoms with van der Waals surface area (Å²) in [6, 6.07) is 4.88. The van der Waals surface area contributed by atoms with E-state index in [0.29, 0.717) is 6.04 Å². The largest absolute Gasteiger partial charge is 0.299 e. The fourth-order valence-corrected chi connectivity index (χ4v) is 3.11. The number of hydrogen-bond acceptors (Lipinski definition) is 3. The fraction of sp³-hybridized carbons (Fsp3) is 0.692. The number of nitrogens with zero attached hydrogens (tertiary/aromatic N) is 1. The molecular weight excluding hydrogens is 234 g/mol. The van der Waals surface area contributed by atoms with Crippen molar-refractivity contribution in [1.29, 1.82) is 0 Å². The van der Waals surface area contributed by atoms with Crippen LogP contribution in [-0.2, 0) is 0 Å². The van der Waals surface area contributed by atoms with Gasteiger partial charge in [-0.25, -0.2) is 0 Å². The second-order valence-electron chi connectivity index (χ2n) is 4.47. The van der Waals surface area contributed by atoms with Gasteiger partial charge in [-0.3, -0.25) is 4.90 Å². The van der Waals surface area contributed by atoms with Crippen LogP contribution < -0.4 is 0 Å². The zero-order chi connectivity index (χ0) is 12.0. The van der Waals surface area contributed by atoms with Crippen molar-refractivity contribution in [2.75, 3.05) is 19.3 Å². The lowest BCUT2D eigenvalue weighted by molar-refractivity contribution is 0.225. The first-order chi connectivity index (χ1) is 7.69. The van der Waals surface area contributed by atoms with E-state index in [-0.39, 0.29) is 0 Å². The van der Waals surface area contributed by atoms with Crippen LogP contribution >= 0.6 is 24.0 Å². The smallest absolute Gasteiger partial charge is 0.0410 e. The van der Waals surface area contributed by atoms with E-state index in [0.717, 1.165) is 18.2 Å². The molecule has 0 amide bonds. The third kappa shape index (κ3) is 4.11. The van der Waals surface area contributed by atoms with Crippen molar-refractivity contribution < 1.29 is 0 Å². The molecule has 0 aromatic carbocycles. The Hall–Kier alpha value is 0.01000. The van der Waals surface area contributed by atoms with Crippen molar-refractivity contribution in [2.45, 2.75) is 32.7 Å². The highest BCUT2D eigenvalue weighted by molar-refractivity contribution is 7.80. The second kappa shape index (κ2) is 7.36. The zero-order valence-corrected chi connectivity index (χ0v) is 12.2. The lowest BCUT2D eigenvalue weighted by Gasteiger charge is -2.27. The van der Waals surface area contributed by atoms with E-state index in [2.05, 4.69) is 55.9 Å². The maximum absolute atomic E-state index is 4.44. The predicted octanol–water partition coefficient (Wildman–Crippen LogP) is 4.09. The number of thiol groups is 1. The Balaban J connectivity index is 2.47. The van der Waals surface area contributed by atoms with Gasteiger partial charge in [-0.15, -0.1) is 11.3 Å². The van der Waals surface area contributed by atoms with Gasteiger partial charge in [0.25, 0.3) is 0 Å². The molecule has 2 atom stereocenters. The van der Waals surface area contributed by atoms with Crippen molar-refractivity contribution in [3.05, 3.63) is 22.4 Å². The molecule has 0 radical (unpaired) electrons. The zero-order valence-electron chi connectivity index (χ0n) is 10.5. The highest BCUT2D eigenvalue weighted by Crippen LogP contribution is 2.24. The molecule has 0 aliphatic carbocycles. The Bertz CT molecular complexity index is 271. The molecule has 0 aliphatic heterocycles. The molecule has 0 spiro atoms. The van der Waals surface area contributed by atoms with E-state index < -0.39 is 0 Å². The van der Waals surface area contributed by atoms with Crippen molar-refractivity contribution in [1.82, 2.24) is 4.90 Å². The molecule has 1 aromatic rings. The summed E-state index contributed by atoms with van der Waals surface area (Å²) in [5.74, 6) is 1.72. The second-order valence-corrected chi connectivity index (χ2v) is 5.81. The molecule has 16 heavy (non-hydrogen) atoms. The molecule has 92 valence electrons. The molecule has 1 heterocycles. The minimum Gasteiger partial charge on any atom is -0.299 e. The summed E-state index contributed by atoms with van der Waals surface area (Å²) in [7, 11) is 2.22. The molecule has 1 rings (SSSR count). The average Bonchev–Trinajstić information content (AvgIpc) is 2.80. The molecule has 0 fully saturated rings. The summed E-state index contributed by atoms with van der Waals surface area (Å²) >= 11 is 6.29. The Morgan fingerprint density at radius 1 is 1.50 bits per heavy atom. The van der Waals surface area contributed by atoms with Crippen LogP contribution in [0.1, 0.15) is 37.6 Å². The first-order valence-electron chi connectivity index (χ1n) is 6.03. The Kier molecular flexibility index (Phi) is 6.47. The quantitative estimate of drug-likeness (QED) is 0.720. The maximum Gasteiger partial charge on any atom is 0.0410 e. The van der Waals surface area contributed by atoms with Gasteiger partial charge in [0, 0.05) is 17.5 Å². The van der Waals surface area contributed by atoms with E-state index in [1.54, 1.807) is 0 Å². The average molecular weight is 257 g/mol. The van der Waals surface area contributed by atoms with Crippen LogP contribution in [0.5, 0.6) is 0 Å². The fourth-order valence-electron chi connectivity index (χ4n) is 1.96. The van der Waals surface area contributed by atoms with Gasteiger partial charge in [0.2, 0.25) is 0 Å². The third-order valence-electron chi connectivity index (χ3n) is 3.12. The Morgan fingerprint density at radius 3 is 2.75 bits per heavy atom. The molecule has 0 saturated carbocycles. The van der Waals surface area contributed by atoms with E-state index in [1.807, 2.05) is 11.3 Å². The van der Waals surface area contributed by atoms with Crippen molar-refractivity contribution >= 4 is 24.0 Å². The van der Waals surface area contributed by atoms with Crippen LogP contribution in [0.4, 0.5) is 0 Å². The summed E-state index contributed by atoms with van der Waals surface area (Å²) in [6.45, 7) is 5.68. The van der Waals surface area contributed by atoms with Crippen molar-refractivity contribution in [2.24, 2.45) is 5.92 Å². The maximum atomic E-state index is 4.44. The summed E-state index contributed by atoms with van der Waals surface area (Å²) in [5, 5.41) is 2.15. The van der Waals surface area contributed by atoms with Gasteiger partial charge >= 0.3 is 0 Å². The number of rotatable bonds is 7. The van der Waals surface area contributed by atoms with Gasteiger partial charge < -0.3 is 0 Å². The van der Waals surface area contributed by atoms with Crippen LogP contribution in [0.15, 0.2) is 17.5 Å². The van der Waals surface area contributed by atoms with E-state index >= 15 is 0 Å². The Labute approximate surface area is 109 Å². The lowest BCUT2D eigenvalue weighted by atomic mass is 10.0. The molecule has 2 unspecified atom stereocenters. The van der Waals surface area contributed by atoms with Crippen LogP contribution in [0.2, 0.25) is 0 Å². The summed E-state index contributed by atoms with van der Waals surface area (Å²) in [6.07, 6.45) is 2.54.